The Morgan fingerprint density at radius 2 is 1.81 bits per heavy atom. The van der Waals surface area contributed by atoms with E-state index in [4.69, 9.17) is 0 Å². The monoisotopic (exact) mass is 311 g/mol. The maximum atomic E-state index is 13.5. The summed E-state index contributed by atoms with van der Waals surface area (Å²) >= 11 is 0. The van der Waals surface area contributed by atoms with Crippen molar-refractivity contribution in [1.29, 1.82) is 0 Å². The van der Waals surface area contributed by atoms with Crippen molar-refractivity contribution in [3.8, 4) is 0 Å². The van der Waals surface area contributed by atoms with Gasteiger partial charge in [0.2, 0.25) is 0 Å². The first-order chi connectivity index (χ1) is 9.79. The molecule has 1 N–H and O–H groups in total. The number of rotatable bonds is 4. The Labute approximate surface area is 120 Å². The largest absolute Gasteiger partial charge is 0.295 e. The molecule has 0 aliphatic carbocycles. The van der Waals surface area contributed by atoms with Gasteiger partial charge in [0.25, 0.3) is 10.0 Å². The van der Waals surface area contributed by atoms with E-state index in [0.717, 1.165) is 12.1 Å². The predicted molar refractivity (Wildman–Crippen MR) is 73.6 cm³/mol. The summed E-state index contributed by atoms with van der Waals surface area (Å²) in [5.74, 6) is -2.29. The first-order valence-corrected chi connectivity index (χ1v) is 7.37. The lowest BCUT2D eigenvalue weighted by Crippen LogP contribution is -2.15. The molecule has 0 fully saturated rings. The van der Waals surface area contributed by atoms with Gasteiger partial charge >= 0.3 is 0 Å². The molecule has 0 saturated heterocycles. The molecule has 2 rings (SSSR count). The van der Waals surface area contributed by atoms with Crippen molar-refractivity contribution >= 4 is 21.5 Å². The Morgan fingerprint density at radius 3 is 2.43 bits per heavy atom. The second kappa shape index (κ2) is 5.61. The van der Waals surface area contributed by atoms with Crippen molar-refractivity contribution < 1.29 is 22.0 Å². The lowest BCUT2D eigenvalue weighted by molar-refractivity contribution is 0.101. The number of hydrogen-bond donors (Lipinski definition) is 1. The molecule has 0 amide bonds. The van der Waals surface area contributed by atoms with Crippen LogP contribution in [0.2, 0.25) is 0 Å². The summed E-state index contributed by atoms with van der Waals surface area (Å²) < 4.78 is 52.6. The lowest BCUT2D eigenvalue weighted by atomic mass is 10.1. The van der Waals surface area contributed by atoms with Crippen LogP contribution in [0.5, 0.6) is 0 Å². The van der Waals surface area contributed by atoms with E-state index < -0.39 is 26.6 Å². The Kier molecular flexibility index (Phi) is 4.04. The van der Waals surface area contributed by atoms with Crippen molar-refractivity contribution in [1.82, 2.24) is 0 Å². The summed E-state index contributed by atoms with van der Waals surface area (Å²) in [6.07, 6.45) is 0. The number of Topliss-reactive ketones (excluding diaryl/α,β-unsaturated/α-hetero) is 1. The van der Waals surface area contributed by atoms with Gasteiger partial charge in [0.15, 0.2) is 5.78 Å². The van der Waals surface area contributed by atoms with E-state index in [1.807, 2.05) is 0 Å². The maximum Gasteiger partial charge on any atom is 0.264 e. The zero-order chi connectivity index (χ0) is 15.6. The van der Waals surface area contributed by atoms with Gasteiger partial charge in [-0.2, -0.15) is 0 Å². The first kappa shape index (κ1) is 15.1. The number of sulfonamides is 1. The zero-order valence-electron chi connectivity index (χ0n) is 10.9. The van der Waals surface area contributed by atoms with Crippen molar-refractivity contribution in [2.45, 2.75) is 11.8 Å². The number of carbonyl (C=O) groups is 1. The van der Waals surface area contributed by atoms with Gasteiger partial charge in [0.05, 0.1) is 0 Å². The van der Waals surface area contributed by atoms with Gasteiger partial charge in [0, 0.05) is 17.3 Å². The van der Waals surface area contributed by atoms with Crippen LogP contribution in [0.25, 0.3) is 0 Å². The molecular formula is C14H11F2NO3S. The highest BCUT2D eigenvalue weighted by molar-refractivity contribution is 7.92. The molecule has 0 atom stereocenters. The number of anilines is 1. The summed E-state index contributed by atoms with van der Waals surface area (Å²) in [5, 5.41) is 0. The van der Waals surface area contributed by atoms with Crippen molar-refractivity contribution in [3.63, 3.8) is 0 Å². The zero-order valence-corrected chi connectivity index (χ0v) is 11.7. The summed E-state index contributed by atoms with van der Waals surface area (Å²) in [7, 11) is -4.21. The van der Waals surface area contributed by atoms with E-state index >= 15 is 0 Å². The standard InChI is InChI=1S/C14H11F2NO3S/c1-9(18)10-3-2-4-12(7-10)17-21(19,20)14-6-5-11(15)8-13(14)16/h2-8,17H,1H3. The molecule has 0 aromatic heterocycles. The highest BCUT2D eigenvalue weighted by atomic mass is 32.2. The van der Waals surface area contributed by atoms with E-state index in [9.17, 15) is 22.0 Å². The van der Waals surface area contributed by atoms with Crippen LogP contribution in [-0.4, -0.2) is 14.2 Å². The first-order valence-electron chi connectivity index (χ1n) is 5.88. The molecule has 2 aromatic carbocycles. The van der Waals surface area contributed by atoms with Gasteiger partial charge in [-0.05, 0) is 31.2 Å². The van der Waals surface area contributed by atoms with Gasteiger partial charge < -0.3 is 0 Å². The Hall–Kier alpha value is -2.28. The van der Waals surface area contributed by atoms with E-state index in [0.29, 0.717) is 11.6 Å². The summed E-state index contributed by atoms with van der Waals surface area (Å²) in [4.78, 5) is 10.6. The number of ketones is 1. The fourth-order valence-corrected chi connectivity index (χ4v) is 2.82. The van der Waals surface area contributed by atoms with Crippen LogP contribution in [0.1, 0.15) is 17.3 Å². The average molecular weight is 311 g/mol. The third kappa shape index (κ3) is 3.43. The van der Waals surface area contributed by atoms with Crippen LogP contribution >= 0.6 is 0 Å². The normalized spacial score (nSPS) is 11.2. The molecule has 0 aliphatic rings. The number of halogens is 2. The molecule has 0 saturated carbocycles. The molecule has 21 heavy (non-hydrogen) atoms. The van der Waals surface area contributed by atoms with E-state index in [1.165, 1.54) is 31.2 Å². The summed E-state index contributed by atoms with van der Waals surface area (Å²) in [6, 6.07) is 7.95. The number of nitrogens with one attached hydrogen (secondary N) is 1. The second-order valence-electron chi connectivity index (χ2n) is 4.32. The molecule has 4 nitrogen and oxygen atoms in total. The van der Waals surface area contributed by atoms with Crippen LogP contribution in [-0.2, 0) is 10.0 Å². The van der Waals surface area contributed by atoms with Crippen LogP contribution in [0.3, 0.4) is 0 Å². The maximum absolute atomic E-state index is 13.5. The van der Waals surface area contributed by atoms with Crippen molar-refractivity contribution in [2.75, 3.05) is 4.72 Å². The number of hydrogen-bond acceptors (Lipinski definition) is 3. The minimum absolute atomic E-state index is 0.117. The van der Waals surface area contributed by atoms with Gasteiger partial charge in [-0.1, -0.05) is 12.1 Å². The minimum Gasteiger partial charge on any atom is -0.295 e. The van der Waals surface area contributed by atoms with Gasteiger partial charge in [0.1, 0.15) is 16.5 Å². The number of benzene rings is 2. The van der Waals surface area contributed by atoms with E-state index in [-0.39, 0.29) is 11.5 Å². The summed E-state index contributed by atoms with van der Waals surface area (Å²) in [5.41, 5.74) is 0.432. The van der Waals surface area contributed by atoms with E-state index in [1.54, 1.807) is 0 Å². The molecule has 110 valence electrons. The molecule has 0 spiro atoms. The molecule has 0 aliphatic heterocycles. The fourth-order valence-electron chi connectivity index (χ4n) is 1.70. The number of carbonyl (C=O) groups excluding carboxylic acids is 1. The fraction of sp³-hybridized carbons (Fsp3) is 0.0714. The quantitative estimate of drug-likeness (QED) is 0.883. The highest BCUT2D eigenvalue weighted by Gasteiger charge is 2.19. The van der Waals surface area contributed by atoms with Crippen LogP contribution < -0.4 is 4.72 Å². The second-order valence-corrected chi connectivity index (χ2v) is 5.97. The minimum atomic E-state index is -4.21. The molecule has 2 aromatic rings. The molecular weight excluding hydrogens is 300 g/mol. The SMILES string of the molecule is CC(=O)c1cccc(NS(=O)(=O)c2ccc(F)cc2F)c1. The molecule has 0 radical (unpaired) electrons. The topological polar surface area (TPSA) is 63.2 Å². The predicted octanol–water partition coefficient (Wildman–Crippen LogP) is 2.97. The van der Waals surface area contributed by atoms with Gasteiger partial charge in [-0.25, -0.2) is 17.2 Å². The van der Waals surface area contributed by atoms with Crippen molar-refractivity contribution in [2.24, 2.45) is 0 Å². The van der Waals surface area contributed by atoms with Gasteiger partial charge in [-0.15, -0.1) is 0 Å². The average Bonchev–Trinajstić information content (AvgIpc) is 2.37. The third-order valence-corrected chi connectivity index (χ3v) is 4.12. The lowest BCUT2D eigenvalue weighted by Gasteiger charge is -2.09. The van der Waals surface area contributed by atoms with Gasteiger partial charge in [-0.3, -0.25) is 9.52 Å². The molecule has 0 bridgehead atoms. The Bertz CT molecular complexity index is 804. The molecule has 7 heteroatoms. The molecule has 0 unspecified atom stereocenters. The smallest absolute Gasteiger partial charge is 0.264 e. The Balaban J connectivity index is 2.37. The molecule has 0 heterocycles. The van der Waals surface area contributed by atoms with Crippen LogP contribution in [0.4, 0.5) is 14.5 Å². The van der Waals surface area contributed by atoms with Crippen LogP contribution in [0.15, 0.2) is 47.4 Å². The summed E-state index contributed by atoms with van der Waals surface area (Å²) in [6.45, 7) is 1.34. The highest BCUT2D eigenvalue weighted by Crippen LogP contribution is 2.20. The van der Waals surface area contributed by atoms with Crippen molar-refractivity contribution in [3.05, 3.63) is 59.7 Å². The van der Waals surface area contributed by atoms with E-state index in [2.05, 4.69) is 4.72 Å². The Morgan fingerprint density at radius 1 is 1.10 bits per heavy atom. The third-order valence-electron chi connectivity index (χ3n) is 2.70. The van der Waals surface area contributed by atoms with Crippen LogP contribution in [0, 0.1) is 11.6 Å².